The highest BCUT2D eigenvalue weighted by Gasteiger charge is 2.22. The summed E-state index contributed by atoms with van der Waals surface area (Å²) >= 11 is 0. The minimum atomic E-state index is -0.833. The van der Waals surface area contributed by atoms with E-state index in [1.165, 1.54) is 0 Å². The van der Waals surface area contributed by atoms with E-state index >= 15 is 0 Å². The summed E-state index contributed by atoms with van der Waals surface area (Å²) < 4.78 is 10.6. The Labute approximate surface area is 135 Å². The second-order valence-electron chi connectivity index (χ2n) is 5.77. The minimum Gasteiger partial charge on any atom is -0.481 e. The van der Waals surface area contributed by atoms with Gasteiger partial charge in [-0.15, -0.1) is 0 Å². The zero-order chi connectivity index (χ0) is 16.4. The van der Waals surface area contributed by atoms with Crippen molar-refractivity contribution in [3.8, 4) is 11.5 Å². The number of fused-ring (bicyclic) bond motifs is 1. The second-order valence-corrected chi connectivity index (χ2v) is 5.77. The van der Waals surface area contributed by atoms with Crippen LogP contribution in [0.25, 0.3) is 0 Å². The highest BCUT2D eigenvalue weighted by Crippen LogP contribution is 2.34. The number of ether oxygens (including phenoxy) is 2. The van der Waals surface area contributed by atoms with Crippen molar-refractivity contribution in [2.75, 3.05) is 25.8 Å². The van der Waals surface area contributed by atoms with Gasteiger partial charge in [0.25, 0.3) is 0 Å². The van der Waals surface area contributed by atoms with Crippen LogP contribution in [0.1, 0.15) is 17.0 Å². The summed E-state index contributed by atoms with van der Waals surface area (Å²) in [5, 5.41) is 9.59. The SMILES string of the molecule is CN(C)c1ccc(C(Cc2ccc3c(c2)OCO3)C(=O)O)cc1. The molecule has 0 amide bonds. The molecule has 0 fully saturated rings. The topological polar surface area (TPSA) is 59.0 Å². The molecule has 0 saturated heterocycles. The molecule has 1 heterocycles. The molecule has 1 aliphatic heterocycles. The van der Waals surface area contributed by atoms with Gasteiger partial charge in [0.2, 0.25) is 6.79 Å². The molecule has 1 atom stereocenters. The van der Waals surface area contributed by atoms with Gasteiger partial charge in [-0.2, -0.15) is 0 Å². The van der Waals surface area contributed by atoms with Crippen molar-refractivity contribution in [3.63, 3.8) is 0 Å². The minimum absolute atomic E-state index is 0.215. The lowest BCUT2D eigenvalue weighted by molar-refractivity contribution is -0.138. The standard InChI is InChI=1S/C18H19NO4/c1-19(2)14-6-4-13(5-7-14)15(18(20)21)9-12-3-8-16-17(10-12)23-11-22-16/h3-8,10,15H,9,11H2,1-2H3,(H,20,21). The van der Waals surface area contributed by atoms with E-state index in [0.29, 0.717) is 17.9 Å². The fourth-order valence-corrected chi connectivity index (χ4v) is 2.66. The van der Waals surface area contributed by atoms with Crippen LogP contribution >= 0.6 is 0 Å². The summed E-state index contributed by atoms with van der Waals surface area (Å²) in [7, 11) is 3.91. The fourth-order valence-electron chi connectivity index (χ4n) is 2.66. The molecule has 0 bridgehead atoms. The first-order valence-corrected chi connectivity index (χ1v) is 7.43. The lowest BCUT2D eigenvalue weighted by atomic mass is 9.91. The molecule has 0 radical (unpaired) electrons. The van der Waals surface area contributed by atoms with Gasteiger partial charge >= 0.3 is 5.97 Å². The Bertz CT molecular complexity index is 709. The lowest BCUT2D eigenvalue weighted by Crippen LogP contribution is -2.15. The normalized spacial score (nSPS) is 13.7. The van der Waals surface area contributed by atoms with Gasteiger partial charge in [-0.1, -0.05) is 18.2 Å². The molecule has 1 unspecified atom stereocenters. The van der Waals surface area contributed by atoms with Gasteiger partial charge in [0.15, 0.2) is 11.5 Å². The third-order valence-electron chi connectivity index (χ3n) is 3.99. The van der Waals surface area contributed by atoms with E-state index < -0.39 is 11.9 Å². The molecule has 2 aromatic rings. The third kappa shape index (κ3) is 3.23. The Morgan fingerprint density at radius 2 is 1.83 bits per heavy atom. The predicted octanol–water partition coefficient (Wildman–Crippen LogP) is 2.89. The molecule has 0 aliphatic carbocycles. The van der Waals surface area contributed by atoms with Gasteiger partial charge in [0.05, 0.1) is 5.92 Å². The van der Waals surface area contributed by atoms with Crippen molar-refractivity contribution < 1.29 is 19.4 Å². The Kier molecular flexibility index (Phi) is 4.10. The molecule has 23 heavy (non-hydrogen) atoms. The number of hydrogen-bond donors (Lipinski definition) is 1. The number of rotatable bonds is 5. The maximum Gasteiger partial charge on any atom is 0.311 e. The van der Waals surface area contributed by atoms with E-state index in [4.69, 9.17) is 9.47 Å². The van der Waals surface area contributed by atoms with Gasteiger partial charge < -0.3 is 19.5 Å². The van der Waals surface area contributed by atoms with Crippen molar-refractivity contribution in [2.24, 2.45) is 0 Å². The highest BCUT2D eigenvalue weighted by atomic mass is 16.7. The van der Waals surface area contributed by atoms with E-state index in [9.17, 15) is 9.90 Å². The van der Waals surface area contributed by atoms with Crippen molar-refractivity contribution >= 4 is 11.7 Å². The van der Waals surface area contributed by atoms with Gasteiger partial charge in [0.1, 0.15) is 0 Å². The molecule has 0 saturated carbocycles. The van der Waals surface area contributed by atoms with Crippen LogP contribution in [0.15, 0.2) is 42.5 Å². The van der Waals surface area contributed by atoms with Crippen molar-refractivity contribution in [2.45, 2.75) is 12.3 Å². The first kappa shape index (κ1) is 15.2. The zero-order valence-corrected chi connectivity index (χ0v) is 13.2. The molecule has 1 N–H and O–H groups in total. The lowest BCUT2D eigenvalue weighted by Gasteiger charge is -2.16. The first-order valence-electron chi connectivity index (χ1n) is 7.43. The highest BCUT2D eigenvalue weighted by molar-refractivity contribution is 5.77. The molecule has 5 heteroatoms. The van der Waals surface area contributed by atoms with E-state index in [1.54, 1.807) is 0 Å². The van der Waals surface area contributed by atoms with Crippen molar-refractivity contribution in [1.29, 1.82) is 0 Å². The summed E-state index contributed by atoms with van der Waals surface area (Å²) in [5.74, 6) is -0.0441. The fraction of sp³-hybridized carbons (Fsp3) is 0.278. The largest absolute Gasteiger partial charge is 0.481 e. The van der Waals surface area contributed by atoms with Gasteiger partial charge in [-0.05, 0) is 41.8 Å². The van der Waals surface area contributed by atoms with Crippen LogP contribution in [0, 0.1) is 0 Å². The number of carboxylic acids is 1. The molecule has 3 rings (SSSR count). The number of hydrogen-bond acceptors (Lipinski definition) is 4. The van der Waals surface area contributed by atoms with E-state index in [0.717, 1.165) is 16.8 Å². The van der Waals surface area contributed by atoms with Gasteiger partial charge in [-0.3, -0.25) is 4.79 Å². The van der Waals surface area contributed by atoms with Crippen LogP contribution in [0.5, 0.6) is 11.5 Å². The number of nitrogens with zero attached hydrogens (tertiary/aromatic N) is 1. The average Bonchev–Trinajstić information content (AvgIpc) is 3.00. The Hall–Kier alpha value is -2.69. The second kappa shape index (κ2) is 6.20. The summed E-state index contributed by atoms with van der Waals surface area (Å²) in [6.07, 6.45) is 0.410. The van der Waals surface area contributed by atoms with Crippen LogP contribution in [0.2, 0.25) is 0 Å². The number of anilines is 1. The van der Waals surface area contributed by atoms with E-state index in [-0.39, 0.29) is 6.79 Å². The van der Waals surface area contributed by atoms with Crippen LogP contribution < -0.4 is 14.4 Å². The first-order chi connectivity index (χ1) is 11.0. The molecule has 5 nitrogen and oxygen atoms in total. The van der Waals surface area contributed by atoms with Crippen molar-refractivity contribution in [3.05, 3.63) is 53.6 Å². The molecular formula is C18H19NO4. The molecule has 1 aliphatic rings. The van der Waals surface area contributed by atoms with E-state index in [1.807, 2.05) is 61.5 Å². The van der Waals surface area contributed by atoms with Gasteiger partial charge in [0, 0.05) is 19.8 Å². The average molecular weight is 313 g/mol. The van der Waals surface area contributed by atoms with Gasteiger partial charge in [-0.25, -0.2) is 0 Å². The summed E-state index contributed by atoms with van der Waals surface area (Å²) in [4.78, 5) is 13.7. The molecular weight excluding hydrogens is 294 g/mol. The monoisotopic (exact) mass is 313 g/mol. The summed E-state index contributed by atoms with van der Waals surface area (Å²) in [6.45, 7) is 0.215. The van der Waals surface area contributed by atoms with Crippen LogP contribution in [0.4, 0.5) is 5.69 Å². The molecule has 0 aromatic heterocycles. The van der Waals surface area contributed by atoms with Crippen LogP contribution in [0.3, 0.4) is 0 Å². The maximum atomic E-state index is 11.7. The Balaban J connectivity index is 1.83. The smallest absolute Gasteiger partial charge is 0.311 e. The number of carboxylic acid groups (broad SMARTS) is 1. The third-order valence-corrected chi connectivity index (χ3v) is 3.99. The van der Waals surface area contributed by atoms with Crippen LogP contribution in [-0.4, -0.2) is 32.0 Å². The predicted molar refractivity (Wildman–Crippen MR) is 87.4 cm³/mol. The number of benzene rings is 2. The Morgan fingerprint density at radius 3 is 2.48 bits per heavy atom. The Morgan fingerprint density at radius 1 is 1.13 bits per heavy atom. The van der Waals surface area contributed by atoms with Crippen LogP contribution in [-0.2, 0) is 11.2 Å². The molecule has 0 spiro atoms. The summed E-state index contributed by atoms with van der Waals surface area (Å²) in [5.41, 5.74) is 2.75. The maximum absolute atomic E-state index is 11.7. The quantitative estimate of drug-likeness (QED) is 0.920. The molecule has 120 valence electrons. The molecule has 2 aromatic carbocycles. The van der Waals surface area contributed by atoms with Crippen molar-refractivity contribution in [1.82, 2.24) is 0 Å². The summed E-state index contributed by atoms with van der Waals surface area (Å²) in [6, 6.07) is 13.2. The number of aliphatic carboxylic acids is 1. The van der Waals surface area contributed by atoms with E-state index in [2.05, 4.69) is 0 Å². The number of carbonyl (C=O) groups is 1. The zero-order valence-electron chi connectivity index (χ0n) is 13.2.